The highest BCUT2D eigenvalue weighted by Crippen LogP contribution is 2.48. The molecule has 7 aromatic carbocycles. The molecule has 2 nitrogen and oxygen atoms in total. The molecule has 0 saturated heterocycles. The lowest BCUT2D eigenvalue weighted by molar-refractivity contribution is 0.667. The summed E-state index contributed by atoms with van der Waals surface area (Å²) in [5, 5.41) is 14.5. The number of benzene rings is 7. The molecule has 9 heteroatoms. The molecule has 0 aliphatic carbocycles. The van der Waals surface area contributed by atoms with Crippen molar-refractivity contribution in [1.29, 1.82) is 0 Å². The van der Waals surface area contributed by atoms with Crippen molar-refractivity contribution in [2.45, 2.75) is 78.1 Å². The number of hydrogen-bond acceptors (Lipinski definition) is 9. The van der Waals surface area contributed by atoms with Crippen molar-refractivity contribution in [2.75, 3.05) is 0 Å². The summed E-state index contributed by atoms with van der Waals surface area (Å²) in [5.74, 6) is 0. The van der Waals surface area contributed by atoms with E-state index in [2.05, 4.69) is 243 Å². The highest BCUT2D eigenvalue weighted by atomic mass is 32.1. The Kier molecular flexibility index (Phi) is 17.5. The van der Waals surface area contributed by atoms with E-state index in [4.69, 9.17) is 8.75 Å². The van der Waals surface area contributed by atoms with E-state index in [1.54, 1.807) is 22.7 Å². The summed E-state index contributed by atoms with van der Waals surface area (Å²) in [6.07, 6.45) is 30.6. The van der Waals surface area contributed by atoms with Gasteiger partial charge >= 0.3 is 0 Å². The van der Waals surface area contributed by atoms with Crippen molar-refractivity contribution < 1.29 is 0 Å². The van der Waals surface area contributed by atoms with Gasteiger partial charge < -0.3 is 0 Å². The summed E-state index contributed by atoms with van der Waals surface area (Å²) in [6, 6.07) is 63.1. The molecule has 14 aromatic rings. The van der Waals surface area contributed by atoms with E-state index in [0.29, 0.717) is 0 Å². The van der Waals surface area contributed by atoms with Gasteiger partial charge in [0.05, 0.1) is 11.7 Å². The lowest BCUT2D eigenvalue weighted by Gasteiger charge is -2.13. The van der Waals surface area contributed by atoms with Crippen LogP contribution < -0.4 is 0 Å². The second kappa shape index (κ2) is 26.5. The summed E-state index contributed by atoms with van der Waals surface area (Å²) >= 11 is 12.5. The molecule has 0 amide bonds. The van der Waals surface area contributed by atoms with E-state index in [1.807, 2.05) is 45.3 Å². The highest BCUT2D eigenvalue weighted by Gasteiger charge is 2.22. The number of fused-ring (bicyclic) bond motifs is 5. The second-order valence-electron chi connectivity index (χ2n) is 22.3. The Morgan fingerprint density at radius 3 is 1.28 bits per heavy atom. The van der Waals surface area contributed by atoms with Gasteiger partial charge in [0.15, 0.2) is 0 Å². The van der Waals surface area contributed by atoms with E-state index in [0.717, 1.165) is 29.4 Å². The maximum Gasteiger partial charge on any atom is 0.114 e. The zero-order valence-electron chi connectivity index (χ0n) is 48.8. The first-order valence-electron chi connectivity index (χ1n) is 30.4. The van der Waals surface area contributed by atoms with E-state index in [1.165, 1.54) is 194 Å². The summed E-state index contributed by atoms with van der Waals surface area (Å²) < 4.78 is 10.1. The Labute approximate surface area is 538 Å². The maximum atomic E-state index is 5.06. The Hall–Kier alpha value is -7.44. The number of nitrogens with zero attached hydrogens (tertiary/aromatic N) is 2. The van der Waals surface area contributed by atoms with Gasteiger partial charge in [-0.3, -0.25) is 0 Å². The summed E-state index contributed by atoms with van der Waals surface area (Å²) in [7, 11) is 0. The molecule has 0 aliphatic rings. The van der Waals surface area contributed by atoms with E-state index >= 15 is 0 Å². The fraction of sp³-hybridized carbons (Fsp3) is 0.154. The molecule has 0 atom stereocenters. The summed E-state index contributed by atoms with van der Waals surface area (Å²) in [5.41, 5.74) is 12.2. The number of aryl methyl sites for hydroxylation is 2. The van der Waals surface area contributed by atoms with Gasteiger partial charge in [0.2, 0.25) is 0 Å². The molecule has 0 N–H and O–H groups in total. The van der Waals surface area contributed by atoms with Crippen LogP contribution in [0, 0.1) is 0 Å². The molecule has 7 aromatic heterocycles. The summed E-state index contributed by atoms with van der Waals surface area (Å²) in [4.78, 5) is 12.9. The van der Waals surface area contributed by atoms with Crippen molar-refractivity contribution >= 4 is 182 Å². The van der Waals surface area contributed by atoms with Crippen LogP contribution in [0.1, 0.15) is 118 Å². The third-order valence-electron chi connectivity index (χ3n) is 16.7. The van der Waals surface area contributed by atoms with Gasteiger partial charge in [-0.25, -0.2) is 0 Å². The molecular formula is C78H64N2S7. The van der Waals surface area contributed by atoms with Crippen molar-refractivity contribution in [3.8, 4) is 40.4 Å². The fourth-order valence-corrected chi connectivity index (χ4v) is 18.7. The van der Waals surface area contributed by atoms with Crippen LogP contribution in [0.25, 0.3) is 143 Å². The average Bonchev–Trinajstić information content (AvgIpc) is 2.69. The molecule has 87 heavy (non-hydrogen) atoms. The maximum absolute atomic E-state index is 5.06. The number of unbranched alkanes of at least 4 members (excludes halogenated alkanes) is 6. The Bertz CT molecular complexity index is 4740. The minimum atomic E-state index is 0.986. The molecule has 0 radical (unpaired) electrons. The number of aromatic nitrogens is 2. The van der Waals surface area contributed by atoms with Crippen molar-refractivity contribution in [1.82, 2.24) is 8.75 Å². The smallest absolute Gasteiger partial charge is 0.114 e. The number of thiophene rings is 6. The van der Waals surface area contributed by atoms with Crippen LogP contribution in [0.4, 0.5) is 0 Å². The Morgan fingerprint density at radius 2 is 0.782 bits per heavy atom. The van der Waals surface area contributed by atoms with Crippen LogP contribution in [0.3, 0.4) is 0 Å². The van der Waals surface area contributed by atoms with Crippen LogP contribution in [0.2, 0.25) is 0 Å². The van der Waals surface area contributed by atoms with Gasteiger partial charge in [-0.2, -0.15) is 8.75 Å². The van der Waals surface area contributed by atoms with E-state index in [9.17, 15) is 0 Å². The Balaban J connectivity index is 0.765. The number of hydrogen-bond donors (Lipinski definition) is 0. The van der Waals surface area contributed by atoms with Gasteiger partial charge in [-0.05, 0) is 186 Å². The van der Waals surface area contributed by atoms with E-state index < -0.39 is 0 Å². The molecule has 0 aliphatic heterocycles. The van der Waals surface area contributed by atoms with Gasteiger partial charge in [0.1, 0.15) is 11.0 Å². The largest absolute Gasteiger partial charge is 0.172 e. The predicted molar refractivity (Wildman–Crippen MR) is 394 cm³/mol. The van der Waals surface area contributed by atoms with Gasteiger partial charge in [-0.1, -0.05) is 198 Å². The SMILES string of the molecule is CCCCCCc1cc(-c2ccc(-c3ccc(-c4cc(CCCCCC)c(-c5ccc(/C=C/c6c7ccccc7c(/C=C/c7cccs7)c7ccccc67)s5)s4)c4nsnc34)s2)sc1/C=C/c1c2ccccc2c(/C=C/c2cccs2)c2ccccc12. The minimum absolute atomic E-state index is 0.986. The lowest BCUT2D eigenvalue weighted by atomic mass is 9.91. The molecule has 0 unspecified atom stereocenters. The van der Waals surface area contributed by atoms with Crippen molar-refractivity contribution in [2.24, 2.45) is 0 Å². The molecule has 7 heterocycles. The monoisotopic (exact) mass is 1250 g/mol. The third kappa shape index (κ3) is 12.0. The quantitative estimate of drug-likeness (QED) is 0.0499. The lowest BCUT2D eigenvalue weighted by Crippen LogP contribution is -1.89. The van der Waals surface area contributed by atoms with Crippen LogP contribution in [0.15, 0.2) is 181 Å². The molecule has 0 spiro atoms. The zero-order chi connectivity index (χ0) is 58.5. The third-order valence-corrected chi connectivity index (χ3v) is 23.8. The topological polar surface area (TPSA) is 25.8 Å². The zero-order valence-corrected chi connectivity index (χ0v) is 54.5. The van der Waals surface area contributed by atoms with Gasteiger partial charge in [-0.15, -0.1) is 68.0 Å². The molecule has 0 bridgehead atoms. The van der Waals surface area contributed by atoms with Gasteiger partial charge in [0.25, 0.3) is 0 Å². The standard InChI is InChI=1S/C78H64N2S7/c1-3-5-7-9-21-51-49-75(84-70(51)44-42-67-62-31-17-15-29-60(62)65(38-34-54-24-20-48-82-54)61-30-16-18-32-63(61)67)72-46-45-71(85-72)68-40-41-69(77-76(68)79-87-80-77)74-50-52(22-10-8-6-4-2)78(86-74)73-43-36-55(83-73)35-39-66-58-27-13-11-25-56(58)64(37-33-53-23-19-47-81-53)57-26-12-14-28-59(57)66/h11-20,23-50H,3-10,21-22H2,1-2H3/b37-33+,38-34+,39-35+,44-42+. The van der Waals surface area contributed by atoms with Crippen LogP contribution >= 0.6 is 79.7 Å². The molecular weight excluding hydrogens is 1190 g/mol. The normalized spacial score (nSPS) is 12.3. The van der Waals surface area contributed by atoms with Crippen molar-refractivity contribution in [3.05, 3.63) is 234 Å². The van der Waals surface area contributed by atoms with Crippen LogP contribution in [-0.4, -0.2) is 8.75 Å². The average molecular weight is 1250 g/mol. The highest BCUT2D eigenvalue weighted by molar-refractivity contribution is 7.25. The van der Waals surface area contributed by atoms with Crippen LogP contribution in [-0.2, 0) is 12.8 Å². The first-order chi connectivity index (χ1) is 43.1. The van der Waals surface area contributed by atoms with Crippen molar-refractivity contribution in [3.63, 3.8) is 0 Å². The Morgan fingerprint density at radius 1 is 0.333 bits per heavy atom. The molecule has 0 fully saturated rings. The fourth-order valence-electron chi connectivity index (χ4n) is 12.3. The predicted octanol–water partition coefficient (Wildman–Crippen LogP) is 26.3. The molecule has 428 valence electrons. The first-order valence-corrected chi connectivity index (χ1v) is 36.2. The summed E-state index contributed by atoms with van der Waals surface area (Å²) in [6.45, 7) is 4.60. The van der Waals surface area contributed by atoms with E-state index in [-0.39, 0.29) is 0 Å². The molecule has 14 rings (SSSR count). The second-order valence-corrected chi connectivity index (χ2v) is 29.1. The van der Waals surface area contributed by atoms with Gasteiger partial charge in [0, 0.05) is 59.9 Å². The first kappa shape index (κ1) is 57.3. The minimum Gasteiger partial charge on any atom is -0.172 e. The van der Waals surface area contributed by atoms with Crippen LogP contribution in [0.5, 0.6) is 0 Å². The number of rotatable bonds is 22. The molecule has 0 saturated carbocycles.